The number of carboxylic acid groups (broad SMARTS) is 1. The van der Waals surface area contributed by atoms with Gasteiger partial charge in [-0.2, -0.15) is 0 Å². The van der Waals surface area contributed by atoms with Gasteiger partial charge in [-0.25, -0.2) is 4.79 Å². The van der Waals surface area contributed by atoms with Crippen LogP contribution >= 0.6 is 11.3 Å². The Morgan fingerprint density at radius 1 is 1.07 bits per heavy atom. The Morgan fingerprint density at radius 3 is 2.39 bits per heavy atom. The smallest absolute Gasteiger partial charge is 0.411 e. The summed E-state index contributed by atoms with van der Waals surface area (Å²) in [5.74, 6) is 0.355. The fraction of sp³-hybridized carbons (Fsp3) is 0.606. The van der Waals surface area contributed by atoms with Gasteiger partial charge in [0.2, 0.25) is 5.91 Å². The maximum atomic E-state index is 13.2. The van der Waals surface area contributed by atoms with Crippen LogP contribution in [0.5, 0.6) is 0 Å². The first-order chi connectivity index (χ1) is 19.7. The summed E-state index contributed by atoms with van der Waals surface area (Å²) in [5, 5.41) is 13.5. The lowest BCUT2D eigenvalue weighted by molar-refractivity contribution is -0.144. The maximum Gasteiger partial charge on any atom is 0.411 e. The Balaban J connectivity index is 1.70. The van der Waals surface area contributed by atoms with E-state index in [4.69, 9.17) is 4.74 Å². The highest BCUT2D eigenvalue weighted by molar-refractivity contribution is 7.10. The van der Waals surface area contributed by atoms with Crippen LogP contribution in [0.4, 0.5) is 4.79 Å². The van der Waals surface area contributed by atoms with E-state index in [1.165, 1.54) is 0 Å². The number of nitrogens with zero attached hydrogens (tertiary/aromatic N) is 1. The number of hydrogen-bond donors (Lipinski definition) is 2. The molecule has 2 heterocycles. The fourth-order valence-electron chi connectivity index (χ4n) is 5.72. The summed E-state index contributed by atoms with van der Waals surface area (Å²) in [6.45, 7) is 10.4. The van der Waals surface area contributed by atoms with E-state index in [0.29, 0.717) is 38.2 Å². The van der Waals surface area contributed by atoms with Crippen molar-refractivity contribution in [3.8, 4) is 11.1 Å². The van der Waals surface area contributed by atoms with Crippen molar-refractivity contribution in [3.63, 3.8) is 0 Å². The highest BCUT2D eigenvalue weighted by atomic mass is 32.1. The first-order valence-electron chi connectivity index (χ1n) is 15.3. The second-order valence-electron chi connectivity index (χ2n) is 11.5. The van der Waals surface area contributed by atoms with Gasteiger partial charge >= 0.3 is 6.09 Å². The predicted octanol–water partition coefficient (Wildman–Crippen LogP) is 7.32. The maximum absolute atomic E-state index is 13.2. The molecule has 3 amide bonds. The molecule has 8 heteroatoms. The van der Waals surface area contributed by atoms with Gasteiger partial charge in [-0.1, -0.05) is 70.7 Å². The number of likely N-dealkylation sites (tertiary alicyclic amines) is 1. The fourth-order valence-corrected chi connectivity index (χ4v) is 6.76. The molecule has 1 aromatic carbocycles. The third kappa shape index (κ3) is 9.40. The molecule has 3 rings (SSSR count). The van der Waals surface area contributed by atoms with Crippen molar-refractivity contribution in [1.29, 1.82) is 0 Å². The van der Waals surface area contributed by atoms with E-state index < -0.39 is 23.5 Å². The molecule has 1 aliphatic rings. The van der Waals surface area contributed by atoms with Gasteiger partial charge in [0, 0.05) is 31.0 Å². The number of thiophene rings is 1. The third-order valence-electron chi connectivity index (χ3n) is 8.50. The average molecular weight is 585 g/mol. The van der Waals surface area contributed by atoms with Crippen molar-refractivity contribution in [2.24, 2.45) is 11.3 Å². The number of amides is 3. The number of rotatable bonds is 15. The van der Waals surface area contributed by atoms with Crippen LogP contribution < -0.4 is 5.32 Å². The lowest BCUT2D eigenvalue weighted by Crippen LogP contribution is -2.45. The van der Waals surface area contributed by atoms with Gasteiger partial charge in [-0.05, 0) is 73.1 Å². The van der Waals surface area contributed by atoms with Crippen LogP contribution in [0.15, 0.2) is 35.7 Å². The Labute approximate surface area is 249 Å². The quantitative estimate of drug-likeness (QED) is 0.214. The normalized spacial score (nSPS) is 16.2. The van der Waals surface area contributed by atoms with Crippen molar-refractivity contribution >= 4 is 29.2 Å². The lowest BCUT2D eigenvalue weighted by Gasteiger charge is -2.33. The van der Waals surface area contributed by atoms with Crippen molar-refractivity contribution in [2.75, 3.05) is 19.7 Å². The van der Waals surface area contributed by atoms with Crippen LogP contribution in [0.25, 0.3) is 11.1 Å². The number of unbranched alkanes of at least 4 members (excludes halogenated alkanes) is 3. The molecule has 2 aromatic rings. The molecule has 0 radical (unpaired) electrons. The highest BCUT2D eigenvalue weighted by Crippen LogP contribution is 2.37. The van der Waals surface area contributed by atoms with Gasteiger partial charge in [-0.15, -0.1) is 11.3 Å². The first kappa shape index (κ1) is 32.8. The number of benzene rings is 1. The van der Waals surface area contributed by atoms with Crippen molar-refractivity contribution in [1.82, 2.24) is 10.2 Å². The number of piperidine rings is 1. The predicted molar refractivity (Wildman–Crippen MR) is 165 cm³/mol. The zero-order chi connectivity index (χ0) is 29.8. The molecule has 41 heavy (non-hydrogen) atoms. The van der Waals surface area contributed by atoms with Gasteiger partial charge in [0.1, 0.15) is 6.10 Å². The molecule has 1 aliphatic heterocycles. The summed E-state index contributed by atoms with van der Waals surface area (Å²) >= 11 is 1.61. The van der Waals surface area contributed by atoms with Crippen LogP contribution in [0, 0.1) is 11.3 Å². The number of hydrogen-bond acceptors (Lipinski definition) is 5. The van der Waals surface area contributed by atoms with Gasteiger partial charge < -0.3 is 14.7 Å². The van der Waals surface area contributed by atoms with E-state index in [0.717, 1.165) is 73.2 Å². The topological polar surface area (TPSA) is 95.9 Å². The van der Waals surface area contributed by atoms with Crippen LogP contribution in [0.2, 0.25) is 0 Å². The second kappa shape index (κ2) is 16.1. The number of ether oxygens (including phenoxy) is 1. The van der Waals surface area contributed by atoms with E-state index in [1.54, 1.807) is 11.3 Å². The molecular weight excluding hydrogens is 536 g/mol. The van der Waals surface area contributed by atoms with Crippen LogP contribution in [-0.4, -0.2) is 53.7 Å². The van der Waals surface area contributed by atoms with Gasteiger partial charge in [-0.3, -0.25) is 14.9 Å². The van der Waals surface area contributed by atoms with E-state index in [1.807, 2.05) is 18.7 Å². The van der Waals surface area contributed by atoms with Crippen molar-refractivity contribution in [3.05, 3.63) is 46.2 Å². The van der Waals surface area contributed by atoms with Crippen molar-refractivity contribution < 1.29 is 24.2 Å². The van der Waals surface area contributed by atoms with E-state index >= 15 is 0 Å². The van der Waals surface area contributed by atoms with Crippen LogP contribution in [0.1, 0.15) is 89.5 Å². The van der Waals surface area contributed by atoms with Gasteiger partial charge in [0.15, 0.2) is 0 Å². The van der Waals surface area contributed by atoms with Gasteiger partial charge in [0.25, 0.3) is 5.91 Å². The second-order valence-corrected chi connectivity index (χ2v) is 12.5. The molecule has 7 nitrogen and oxygen atoms in total. The van der Waals surface area contributed by atoms with Crippen LogP contribution in [0.3, 0.4) is 0 Å². The highest BCUT2D eigenvalue weighted by Gasteiger charge is 2.37. The summed E-state index contributed by atoms with van der Waals surface area (Å²) in [7, 11) is 0. The molecule has 226 valence electrons. The van der Waals surface area contributed by atoms with E-state index in [-0.39, 0.29) is 5.91 Å². The minimum Gasteiger partial charge on any atom is -0.465 e. The standard InChI is InChI=1S/C33H48N2O5S/c1-5-8-9-10-17-33(6-2,31(37)34-32(38)39)22-28-21-27(23-41-28)26-13-11-25(12-14-26)20-29(40-7-3)30(36)35-18-15-24(4)16-19-35/h11-14,21,23-24,29H,5-10,15-20,22H2,1-4H3,(H,34,37)(H,38,39)/t29-,33?/m0/s1. The van der Waals surface area contributed by atoms with Gasteiger partial charge in [0.05, 0.1) is 5.41 Å². The molecule has 1 unspecified atom stereocenters. The summed E-state index contributed by atoms with van der Waals surface area (Å²) in [4.78, 5) is 40.6. The lowest BCUT2D eigenvalue weighted by atomic mass is 9.75. The summed E-state index contributed by atoms with van der Waals surface area (Å²) in [6.07, 6.45) is 6.78. The Hall–Kier alpha value is -2.71. The van der Waals surface area contributed by atoms with E-state index in [9.17, 15) is 19.5 Å². The molecule has 0 saturated carbocycles. The summed E-state index contributed by atoms with van der Waals surface area (Å²) < 4.78 is 5.89. The average Bonchev–Trinajstić information content (AvgIpc) is 3.42. The molecule has 1 fully saturated rings. The molecule has 2 atom stereocenters. The summed E-state index contributed by atoms with van der Waals surface area (Å²) in [6, 6.07) is 10.4. The Kier molecular flexibility index (Phi) is 12.9. The zero-order valence-electron chi connectivity index (χ0n) is 25.2. The number of nitrogens with one attached hydrogen (secondary N) is 1. The largest absolute Gasteiger partial charge is 0.465 e. The zero-order valence-corrected chi connectivity index (χ0v) is 26.1. The molecular formula is C33H48N2O5S. The third-order valence-corrected chi connectivity index (χ3v) is 9.44. The first-order valence-corrected chi connectivity index (χ1v) is 16.2. The minimum atomic E-state index is -1.30. The van der Waals surface area contributed by atoms with Crippen molar-refractivity contribution in [2.45, 2.75) is 98.0 Å². The molecule has 2 N–H and O–H groups in total. The van der Waals surface area contributed by atoms with Crippen LogP contribution in [-0.2, 0) is 27.2 Å². The molecule has 0 spiro atoms. The Bertz CT molecular complexity index is 1120. The molecule has 1 saturated heterocycles. The number of imide groups is 1. The Morgan fingerprint density at radius 2 is 1.78 bits per heavy atom. The van der Waals surface area contributed by atoms with E-state index in [2.05, 4.69) is 54.9 Å². The minimum absolute atomic E-state index is 0.0892. The molecule has 0 aliphatic carbocycles. The number of carbonyl (C=O) groups is 3. The monoisotopic (exact) mass is 584 g/mol. The number of carbonyl (C=O) groups excluding carboxylic acids is 2. The molecule has 1 aromatic heterocycles. The SMILES string of the molecule is CCCCCCC(CC)(Cc1cc(-c2ccc(C[C@H](OCC)C(=O)N3CCC(C)CC3)cc2)cs1)C(=O)NC(=O)O. The summed E-state index contributed by atoms with van der Waals surface area (Å²) in [5.41, 5.74) is 2.46. The molecule has 0 bridgehead atoms.